The Labute approximate surface area is 171 Å². The summed E-state index contributed by atoms with van der Waals surface area (Å²) in [5.41, 5.74) is 3.61. The second kappa shape index (κ2) is 11.0. The smallest absolute Gasteiger partial charge is 0.119 e. The van der Waals surface area contributed by atoms with Crippen molar-refractivity contribution in [2.24, 2.45) is 5.92 Å². The minimum Gasteiger partial charge on any atom is -0.494 e. The zero-order valence-corrected chi connectivity index (χ0v) is 17.5. The van der Waals surface area contributed by atoms with Gasteiger partial charge in [0.25, 0.3) is 0 Å². The van der Waals surface area contributed by atoms with Gasteiger partial charge in [0.05, 0.1) is 6.61 Å². The molecule has 0 bridgehead atoms. The van der Waals surface area contributed by atoms with E-state index < -0.39 is 0 Å². The zero-order valence-electron chi connectivity index (χ0n) is 17.5. The van der Waals surface area contributed by atoms with E-state index >= 15 is 0 Å². The first-order valence-corrected chi connectivity index (χ1v) is 11.1. The number of benzene rings is 2. The van der Waals surface area contributed by atoms with Gasteiger partial charge in [0, 0.05) is 11.1 Å². The van der Waals surface area contributed by atoms with Crippen LogP contribution in [-0.2, 0) is 0 Å². The zero-order chi connectivity index (χ0) is 19.6. The second-order valence-electron chi connectivity index (χ2n) is 8.08. The topological polar surface area (TPSA) is 9.23 Å². The van der Waals surface area contributed by atoms with E-state index in [1.165, 1.54) is 50.5 Å². The molecule has 1 saturated carbocycles. The lowest BCUT2D eigenvalue weighted by Gasteiger charge is -2.28. The van der Waals surface area contributed by atoms with Crippen molar-refractivity contribution in [3.05, 3.63) is 65.2 Å². The van der Waals surface area contributed by atoms with Crippen LogP contribution in [0.3, 0.4) is 0 Å². The van der Waals surface area contributed by atoms with Gasteiger partial charge in [-0.15, -0.1) is 0 Å². The lowest BCUT2D eigenvalue weighted by Crippen LogP contribution is -2.12. The van der Waals surface area contributed by atoms with Crippen molar-refractivity contribution in [2.45, 2.75) is 71.1 Å². The van der Waals surface area contributed by atoms with E-state index in [0.29, 0.717) is 0 Å². The molecule has 2 aromatic carbocycles. The van der Waals surface area contributed by atoms with Gasteiger partial charge in [-0.05, 0) is 85.9 Å². The minimum atomic E-state index is 0.745. The lowest BCUT2D eigenvalue weighted by molar-refractivity contribution is 0.306. The summed E-state index contributed by atoms with van der Waals surface area (Å²) in [4.78, 5) is 0. The molecule has 3 rings (SSSR count). The van der Waals surface area contributed by atoms with Crippen LogP contribution in [0.4, 0.5) is 0 Å². The van der Waals surface area contributed by atoms with Crippen LogP contribution in [0.25, 0.3) is 0 Å². The normalized spacial score (nSPS) is 18.9. The van der Waals surface area contributed by atoms with Gasteiger partial charge in [0.1, 0.15) is 5.75 Å². The molecule has 0 spiro atoms. The van der Waals surface area contributed by atoms with E-state index in [1.54, 1.807) is 0 Å². The molecule has 1 heteroatoms. The van der Waals surface area contributed by atoms with Crippen molar-refractivity contribution in [3.8, 4) is 17.6 Å². The predicted octanol–water partition coefficient (Wildman–Crippen LogP) is 7.34. The molecule has 0 amide bonds. The van der Waals surface area contributed by atoms with Gasteiger partial charge in [-0.3, -0.25) is 0 Å². The first-order chi connectivity index (χ1) is 13.8. The Hall–Kier alpha value is -2.20. The van der Waals surface area contributed by atoms with Crippen molar-refractivity contribution in [1.29, 1.82) is 0 Å². The number of ether oxygens (including phenoxy) is 1. The van der Waals surface area contributed by atoms with Crippen molar-refractivity contribution in [1.82, 2.24) is 0 Å². The Balaban J connectivity index is 1.52. The lowest BCUT2D eigenvalue weighted by atomic mass is 9.78. The number of rotatable bonds is 7. The first-order valence-electron chi connectivity index (χ1n) is 11.1. The van der Waals surface area contributed by atoms with E-state index in [-0.39, 0.29) is 0 Å². The second-order valence-corrected chi connectivity index (χ2v) is 8.08. The molecular weight excluding hydrogens is 340 g/mol. The standard InChI is InChI=1S/C27H34O/c1-3-5-6-21-28-27-19-13-24(14-20-27)8-7-23-11-17-26(18-12-23)25-15-9-22(4-2)10-16-25/h11-14,17-20,22,25H,3-6,9-10,15-16,21H2,1-2H3. The maximum atomic E-state index is 5.76. The molecule has 1 fully saturated rings. The molecule has 1 aliphatic rings. The fourth-order valence-corrected chi connectivity index (χ4v) is 4.06. The summed E-state index contributed by atoms with van der Waals surface area (Å²) in [7, 11) is 0. The van der Waals surface area contributed by atoms with Crippen LogP contribution in [0.1, 0.15) is 87.8 Å². The molecular formula is C27H34O. The summed E-state index contributed by atoms with van der Waals surface area (Å²) in [5, 5.41) is 0. The van der Waals surface area contributed by atoms with Gasteiger partial charge in [-0.2, -0.15) is 0 Å². The van der Waals surface area contributed by atoms with E-state index in [4.69, 9.17) is 4.74 Å². The van der Waals surface area contributed by atoms with Crippen LogP contribution in [0.15, 0.2) is 48.5 Å². The molecule has 0 unspecified atom stereocenters. The summed E-state index contributed by atoms with van der Waals surface area (Å²) < 4.78 is 5.76. The van der Waals surface area contributed by atoms with E-state index in [0.717, 1.165) is 41.7 Å². The molecule has 2 aromatic rings. The molecule has 0 aromatic heterocycles. The van der Waals surface area contributed by atoms with E-state index in [2.05, 4.69) is 50.0 Å². The van der Waals surface area contributed by atoms with E-state index in [9.17, 15) is 0 Å². The highest BCUT2D eigenvalue weighted by molar-refractivity contribution is 5.45. The van der Waals surface area contributed by atoms with Gasteiger partial charge in [0.2, 0.25) is 0 Å². The summed E-state index contributed by atoms with van der Waals surface area (Å²) in [5.74, 6) is 9.20. The van der Waals surface area contributed by atoms with Crippen molar-refractivity contribution < 1.29 is 4.74 Å². The predicted molar refractivity (Wildman–Crippen MR) is 119 cm³/mol. The Bertz CT molecular complexity index is 753. The van der Waals surface area contributed by atoms with Crippen molar-refractivity contribution in [2.75, 3.05) is 6.61 Å². The molecule has 28 heavy (non-hydrogen) atoms. The quantitative estimate of drug-likeness (QED) is 0.364. The Kier molecular flexibility index (Phi) is 8.04. The van der Waals surface area contributed by atoms with Crippen LogP contribution in [0.2, 0.25) is 0 Å². The number of hydrogen-bond acceptors (Lipinski definition) is 1. The largest absolute Gasteiger partial charge is 0.494 e. The van der Waals surface area contributed by atoms with Gasteiger partial charge in [-0.1, -0.05) is 57.1 Å². The van der Waals surface area contributed by atoms with Gasteiger partial charge in [0.15, 0.2) is 0 Å². The Morgan fingerprint density at radius 2 is 1.39 bits per heavy atom. The van der Waals surface area contributed by atoms with E-state index in [1.807, 2.05) is 24.3 Å². The van der Waals surface area contributed by atoms with Crippen molar-refractivity contribution >= 4 is 0 Å². The Morgan fingerprint density at radius 3 is 1.96 bits per heavy atom. The van der Waals surface area contributed by atoms with Gasteiger partial charge < -0.3 is 4.74 Å². The van der Waals surface area contributed by atoms with Crippen LogP contribution in [-0.4, -0.2) is 6.61 Å². The third-order valence-electron chi connectivity index (χ3n) is 6.03. The highest BCUT2D eigenvalue weighted by Gasteiger charge is 2.20. The fraction of sp³-hybridized carbons (Fsp3) is 0.481. The van der Waals surface area contributed by atoms with Crippen LogP contribution in [0, 0.1) is 17.8 Å². The third kappa shape index (κ3) is 6.16. The molecule has 1 aliphatic carbocycles. The minimum absolute atomic E-state index is 0.745. The Morgan fingerprint density at radius 1 is 0.786 bits per heavy atom. The molecule has 0 radical (unpaired) electrons. The first kappa shape index (κ1) is 20.5. The maximum absolute atomic E-state index is 5.76. The summed E-state index contributed by atoms with van der Waals surface area (Å²) in [6.45, 7) is 5.33. The summed E-state index contributed by atoms with van der Waals surface area (Å²) in [6.07, 6.45) is 10.4. The van der Waals surface area contributed by atoms with Crippen LogP contribution >= 0.6 is 0 Å². The summed E-state index contributed by atoms with van der Waals surface area (Å²) in [6, 6.07) is 17.1. The molecule has 0 atom stereocenters. The highest BCUT2D eigenvalue weighted by atomic mass is 16.5. The van der Waals surface area contributed by atoms with Crippen LogP contribution < -0.4 is 4.74 Å². The number of hydrogen-bond donors (Lipinski definition) is 0. The van der Waals surface area contributed by atoms with Crippen LogP contribution in [0.5, 0.6) is 5.75 Å². The molecule has 0 heterocycles. The SMILES string of the molecule is CCCCCOc1ccc(C#Cc2ccc(C3CCC(CC)CC3)cc2)cc1. The third-order valence-corrected chi connectivity index (χ3v) is 6.03. The molecule has 0 N–H and O–H groups in total. The molecule has 0 saturated heterocycles. The fourth-order valence-electron chi connectivity index (χ4n) is 4.06. The van der Waals surface area contributed by atoms with Gasteiger partial charge >= 0.3 is 0 Å². The van der Waals surface area contributed by atoms with Gasteiger partial charge in [-0.25, -0.2) is 0 Å². The molecule has 148 valence electrons. The average molecular weight is 375 g/mol. The summed E-state index contributed by atoms with van der Waals surface area (Å²) >= 11 is 0. The maximum Gasteiger partial charge on any atom is 0.119 e. The highest BCUT2D eigenvalue weighted by Crippen LogP contribution is 2.36. The monoisotopic (exact) mass is 374 g/mol. The molecule has 0 aliphatic heterocycles. The number of unbranched alkanes of at least 4 members (excludes halogenated alkanes) is 2. The average Bonchev–Trinajstić information content (AvgIpc) is 2.76. The van der Waals surface area contributed by atoms with Crippen molar-refractivity contribution in [3.63, 3.8) is 0 Å². The molecule has 1 nitrogen and oxygen atoms in total.